The van der Waals surface area contributed by atoms with Gasteiger partial charge in [0.2, 0.25) is 9.84 Å². The van der Waals surface area contributed by atoms with E-state index in [4.69, 9.17) is 0 Å². The second-order valence-electron chi connectivity index (χ2n) is 4.13. The standard InChI is InChI=1S/C14H10O6S.Mn/c15-13(16)9-1-5-11(6-2-9)21(19,20)12-7-3-10(4-8-12)14(17)18;/h1-8H,(H,15,16)(H,17,18);/q;+2/p-2. The zero-order chi connectivity index (χ0) is 15.6. The number of carbonyl (C=O) groups excluding carboxylic acids is 2. The van der Waals surface area contributed by atoms with Gasteiger partial charge in [0.05, 0.1) is 21.7 Å². The van der Waals surface area contributed by atoms with Crippen LogP contribution in [0.2, 0.25) is 0 Å². The van der Waals surface area contributed by atoms with Gasteiger partial charge in [-0.1, -0.05) is 24.3 Å². The van der Waals surface area contributed by atoms with E-state index in [-0.39, 0.29) is 38.0 Å². The predicted molar refractivity (Wildman–Crippen MR) is 67.0 cm³/mol. The summed E-state index contributed by atoms with van der Waals surface area (Å²) in [6.45, 7) is 0. The van der Waals surface area contributed by atoms with E-state index in [1.165, 1.54) is 0 Å². The first-order chi connectivity index (χ1) is 9.82. The average molecular weight is 359 g/mol. The third kappa shape index (κ3) is 3.54. The molecule has 6 nitrogen and oxygen atoms in total. The van der Waals surface area contributed by atoms with Crippen LogP contribution in [0.5, 0.6) is 0 Å². The van der Waals surface area contributed by atoms with E-state index >= 15 is 0 Å². The van der Waals surface area contributed by atoms with Crippen molar-refractivity contribution in [1.82, 2.24) is 0 Å². The molecule has 0 spiro atoms. The molecule has 0 saturated heterocycles. The fourth-order valence-electron chi connectivity index (χ4n) is 1.68. The zero-order valence-electron chi connectivity index (χ0n) is 10.9. The van der Waals surface area contributed by atoms with Gasteiger partial charge < -0.3 is 19.8 Å². The Labute approximate surface area is 136 Å². The number of hydrogen-bond donors (Lipinski definition) is 0. The summed E-state index contributed by atoms with van der Waals surface area (Å²) in [5.74, 6) is -2.81. The van der Waals surface area contributed by atoms with Gasteiger partial charge in [0.1, 0.15) is 0 Å². The molecule has 0 atom stereocenters. The largest absolute Gasteiger partial charge is 2.00 e. The van der Waals surface area contributed by atoms with Crippen molar-refractivity contribution < 1.29 is 45.3 Å². The van der Waals surface area contributed by atoms with Crippen molar-refractivity contribution >= 4 is 21.8 Å². The SMILES string of the molecule is O=C([O-])c1ccc(S(=O)(=O)c2ccc(C(=O)[O-])cc2)cc1.[Mn+2]. The van der Waals surface area contributed by atoms with Crippen LogP contribution in [0.4, 0.5) is 0 Å². The van der Waals surface area contributed by atoms with E-state index in [2.05, 4.69) is 0 Å². The van der Waals surface area contributed by atoms with Gasteiger partial charge in [0, 0.05) is 0 Å². The Bertz CT molecular complexity index is 731. The van der Waals surface area contributed by atoms with E-state index < -0.39 is 21.8 Å². The smallest absolute Gasteiger partial charge is 0.545 e. The number of rotatable bonds is 4. The van der Waals surface area contributed by atoms with Crippen LogP contribution in [0, 0.1) is 0 Å². The van der Waals surface area contributed by atoms with Gasteiger partial charge in [0.15, 0.2) is 0 Å². The molecule has 0 aliphatic carbocycles. The van der Waals surface area contributed by atoms with Crippen LogP contribution in [0.1, 0.15) is 20.7 Å². The molecule has 2 aromatic rings. The van der Waals surface area contributed by atoms with Gasteiger partial charge >= 0.3 is 17.1 Å². The first-order valence-corrected chi connectivity index (χ1v) is 7.18. The number of sulfone groups is 1. The molecule has 2 aromatic carbocycles. The molecule has 0 aliphatic heterocycles. The summed E-state index contributed by atoms with van der Waals surface area (Å²) in [6, 6.07) is 9.07. The third-order valence-corrected chi connectivity index (χ3v) is 4.59. The third-order valence-electron chi connectivity index (χ3n) is 2.80. The monoisotopic (exact) mass is 359 g/mol. The molecule has 0 fully saturated rings. The molecule has 1 radical (unpaired) electrons. The maximum atomic E-state index is 12.3. The van der Waals surface area contributed by atoms with Crippen LogP contribution in [0.3, 0.4) is 0 Å². The minimum Gasteiger partial charge on any atom is -0.545 e. The summed E-state index contributed by atoms with van der Waals surface area (Å²) >= 11 is 0. The minimum absolute atomic E-state index is 0. The molecular weight excluding hydrogens is 351 g/mol. The Balaban J connectivity index is 0.00000242. The van der Waals surface area contributed by atoms with Crippen LogP contribution in [0.25, 0.3) is 0 Å². The summed E-state index contributed by atoms with van der Waals surface area (Å²) in [5, 5.41) is 21.2. The Morgan fingerprint density at radius 3 is 1.18 bits per heavy atom. The summed E-state index contributed by atoms with van der Waals surface area (Å²) in [7, 11) is -3.85. The minimum atomic E-state index is -3.85. The maximum absolute atomic E-state index is 12.3. The molecule has 8 heteroatoms. The van der Waals surface area contributed by atoms with Crippen LogP contribution < -0.4 is 10.2 Å². The number of benzene rings is 2. The topological polar surface area (TPSA) is 114 Å². The fraction of sp³-hybridized carbons (Fsp3) is 0. The molecule has 0 heterocycles. The second-order valence-corrected chi connectivity index (χ2v) is 6.08. The Morgan fingerprint density at radius 2 is 0.955 bits per heavy atom. The molecule has 0 N–H and O–H groups in total. The van der Waals surface area contributed by atoms with Crippen molar-refractivity contribution in [2.45, 2.75) is 9.79 Å². The molecule has 22 heavy (non-hydrogen) atoms. The second kappa shape index (κ2) is 6.74. The van der Waals surface area contributed by atoms with Gasteiger partial charge in [-0.05, 0) is 35.4 Å². The number of carboxylic acid groups (broad SMARTS) is 2. The molecule has 0 unspecified atom stereocenters. The van der Waals surface area contributed by atoms with Crippen LogP contribution in [0.15, 0.2) is 58.3 Å². The first kappa shape index (κ1) is 17.9. The molecule has 0 saturated carbocycles. The molecule has 0 amide bonds. The van der Waals surface area contributed by atoms with Gasteiger partial charge in [0.25, 0.3) is 0 Å². The maximum Gasteiger partial charge on any atom is 2.00 e. The van der Waals surface area contributed by atoms with Gasteiger partial charge in [-0.2, -0.15) is 0 Å². The van der Waals surface area contributed by atoms with E-state index in [9.17, 15) is 28.2 Å². The van der Waals surface area contributed by atoms with Crippen LogP contribution in [-0.2, 0) is 26.9 Å². The summed E-state index contributed by atoms with van der Waals surface area (Å²) in [5.41, 5.74) is -0.275. The Hall–Kier alpha value is -2.15. The van der Waals surface area contributed by atoms with Crippen molar-refractivity contribution in [1.29, 1.82) is 0 Å². The van der Waals surface area contributed by atoms with Crippen molar-refractivity contribution in [2.75, 3.05) is 0 Å². The van der Waals surface area contributed by atoms with E-state index in [0.29, 0.717) is 0 Å². The fourth-order valence-corrected chi connectivity index (χ4v) is 2.94. The molecule has 0 bridgehead atoms. The average Bonchev–Trinajstić information content (AvgIpc) is 2.47. The van der Waals surface area contributed by atoms with E-state index in [0.717, 1.165) is 48.5 Å². The molecular formula is C14H8MnO6S. The number of hydrogen-bond acceptors (Lipinski definition) is 6. The van der Waals surface area contributed by atoms with Crippen LogP contribution in [-0.4, -0.2) is 20.4 Å². The normalized spacial score (nSPS) is 10.5. The summed E-state index contributed by atoms with van der Waals surface area (Å²) in [4.78, 5) is 21.0. The predicted octanol–water partition coefficient (Wildman–Crippen LogP) is -0.756. The van der Waals surface area contributed by atoms with Gasteiger partial charge in [-0.25, -0.2) is 8.42 Å². The molecule has 0 aliphatic rings. The molecule has 113 valence electrons. The van der Waals surface area contributed by atoms with Crippen LogP contribution >= 0.6 is 0 Å². The van der Waals surface area contributed by atoms with Gasteiger partial charge in [-0.15, -0.1) is 0 Å². The van der Waals surface area contributed by atoms with Crippen molar-refractivity contribution in [3.8, 4) is 0 Å². The van der Waals surface area contributed by atoms with Crippen molar-refractivity contribution in [3.05, 3.63) is 59.7 Å². The number of carboxylic acids is 2. The summed E-state index contributed by atoms with van der Waals surface area (Å²) < 4.78 is 24.5. The molecule has 2 rings (SSSR count). The quantitative estimate of drug-likeness (QED) is 0.663. The van der Waals surface area contributed by atoms with Crippen molar-refractivity contribution in [3.63, 3.8) is 0 Å². The van der Waals surface area contributed by atoms with Crippen molar-refractivity contribution in [2.24, 2.45) is 0 Å². The van der Waals surface area contributed by atoms with Gasteiger partial charge in [-0.3, -0.25) is 0 Å². The van der Waals surface area contributed by atoms with E-state index in [1.807, 2.05) is 0 Å². The van der Waals surface area contributed by atoms with E-state index in [1.54, 1.807) is 0 Å². The molecule has 0 aromatic heterocycles. The number of carbonyl (C=O) groups is 2. The zero-order valence-corrected chi connectivity index (χ0v) is 12.9. The Morgan fingerprint density at radius 1 is 0.682 bits per heavy atom. The number of aromatic carboxylic acids is 2. The Kier molecular flexibility index (Phi) is 5.48. The first-order valence-electron chi connectivity index (χ1n) is 5.70. The summed E-state index contributed by atoms with van der Waals surface area (Å²) in [6.07, 6.45) is 0.